The van der Waals surface area contributed by atoms with Crippen LogP contribution in [0.5, 0.6) is 5.75 Å². The van der Waals surface area contributed by atoms with Crippen LogP contribution in [0.15, 0.2) is 69.8 Å². The molecule has 1 aliphatic rings. The fourth-order valence-corrected chi connectivity index (χ4v) is 2.58. The van der Waals surface area contributed by atoms with Crippen molar-refractivity contribution in [3.63, 3.8) is 0 Å². The number of azo groups is 1. The van der Waals surface area contributed by atoms with E-state index in [1.807, 2.05) is 0 Å². The molecule has 0 spiro atoms. The number of rotatable bonds is 5. The Kier molecular flexibility index (Phi) is 4.86. The number of hydrogen-bond acceptors (Lipinski definition) is 7. The number of phenolic OH excluding ortho intramolecular Hbond substituents is 1. The summed E-state index contributed by atoms with van der Waals surface area (Å²) in [6.45, 7) is 0. The molecule has 3 rings (SSSR count). The molecular weight excluding hydrogens is 374 g/mol. The number of nitrogens with two attached hydrogens (primary N) is 1. The maximum absolute atomic E-state index is 11.9. The molecular formula is C17H12ClN5O4. The van der Waals surface area contributed by atoms with Crippen LogP contribution in [-0.2, 0) is 4.79 Å². The number of carbonyl (C=O) groups is 1. The predicted octanol–water partition coefficient (Wildman–Crippen LogP) is 3.57. The molecule has 0 unspecified atom stereocenters. The van der Waals surface area contributed by atoms with Gasteiger partial charge in [-0.1, -0.05) is 23.7 Å². The second-order valence-electron chi connectivity index (χ2n) is 5.46. The van der Waals surface area contributed by atoms with Gasteiger partial charge >= 0.3 is 5.69 Å². The van der Waals surface area contributed by atoms with Crippen LogP contribution in [0, 0.1) is 10.1 Å². The number of nitro benzene ring substituents is 1. The molecule has 0 fully saturated rings. The molecule has 0 saturated heterocycles. The van der Waals surface area contributed by atoms with Crippen molar-refractivity contribution in [3.8, 4) is 5.75 Å². The molecule has 0 aromatic heterocycles. The Hall–Kier alpha value is -3.72. The van der Waals surface area contributed by atoms with Gasteiger partial charge < -0.3 is 16.2 Å². The number of amides is 1. The zero-order valence-corrected chi connectivity index (χ0v) is 14.3. The van der Waals surface area contributed by atoms with Gasteiger partial charge in [-0.3, -0.25) is 14.9 Å². The van der Waals surface area contributed by atoms with Crippen LogP contribution in [0.2, 0.25) is 5.02 Å². The molecule has 10 heteroatoms. The van der Waals surface area contributed by atoms with Crippen LogP contribution in [0.25, 0.3) is 6.08 Å². The van der Waals surface area contributed by atoms with E-state index in [2.05, 4.69) is 15.5 Å². The standard InChI is InChI=1S/C17H12ClN5O4/c18-10-2-1-3-11(8-10)20-17-15(16(19)25)12(21-22-17)6-9-4-5-14(24)13(7-9)23(26)27/h1-8,20,24H,(H2,19,25)/b12-6-. The highest BCUT2D eigenvalue weighted by atomic mass is 35.5. The minimum Gasteiger partial charge on any atom is -0.502 e. The van der Waals surface area contributed by atoms with Crippen molar-refractivity contribution in [2.45, 2.75) is 0 Å². The minimum absolute atomic E-state index is 0.0192. The van der Waals surface area contributed by atoms with Gasteiger partial charge in [-0.15, -0.1) is 10.2 Å². The molecule has 0 radical (unpaired) electrons. The van der Waals surface area contributed by atoms with E-state index < -0.39 is 22.3 Å². The van der Waals surface area contributed by atoms with Gasteiger partial charge in [-0.2, -0.15) is 0 Å². The molecule has 9 nitrogen and oxygen atoms in total. The summed E-state index contributed by atoms with van der Waals surface area (Å²) in [4.78, 5) is 22.1. The van der Waals surface area contributed by atoms with Crippen molar-refractivity contribution in [3.05, 3.63) is 80.3 Å². The average molecular weight is 386 g/mol. The van der Waals surface area contributed by atoms with Crippen LogP contribution < -0.4 is 11.1 Å². The van der Waals surface area contributed by atoms with Crippen molar-refractivity contribution in [1.29, 1.82) is 0 Å². The van der Waals surface area contributed by atoms with Gasteiger partial charge in [0.25, 0.3) is 5.91 Å². The van der Waals surface area contributed by atoms with E-state index in [0.717, 1.165) is 6.07 Å². The van der Waals surface area contributed by atoms with Crippen molar-refractivity contribution >= 4 is 35.0 Å². The highest BCUT2D eigenvalue weighted by Gasteiger charge is 2.24. The summed E-state index contributed by atoms with van der Waals surface area (Å²) in [6.07, 6.45) is 1.41. The zero-order chi connectivity index (χ0) is 19.6. The van der Waals surface area contributed by atoms with E-state index >= 15 is 0 Å². The van der Waals surface area contributed by atoms with E-state index in [1.165, 1.54) is 18.2 Å². The number of primary amides is 1. The lowest BCUT2D eigenvalue weighted by atomic mass is 10.1. The number of hydrogen-bond donors (Lipinski definition) is 3. The van der Waals surface area contributed by atoms with Crippen LogP contribution in [0.4, 0.5) is 11.4 Å². The Morgan fingerprint density at radius 3 is 2.70 bits per heavy atom. The molecule has 0 aliphatic carbocycles. The molecule has 27 heavy (non-hydrogen) atoms. The zero-order valence-electron chi connectivity index (χ0n) is 13.6. The number of carbonyl (C=O) groups excluding carboxylic acids is 1. The smallest absolute Gasteiger partial charge is 0.311 e. The molecule has 136 valence electrons. The summed E-state index contributed by atoms with van der Waals surface area (Å²) < 4.78 is 0. The Morgan fingerprint density at radius 1 is 1.26 bits per heavy atom. The monoisotopic (exact) mass is 385 g/mol. The fraction of sp³-hybridized carbons (Fsp3) is 0. The first-order valence-corrected chi connectivity index (χ1v) is 7.91. The Labute approximate surface area is 157 Å². The van der Waals surface area contributed by atoms with E-state index in [4.69, 9.17) is 17.3 Å². The number of phenols is 1. The first-order valence-electron chi connectivity index (χ1n) is 7.53. The number of halogens is 1. The molecule has 0 atom stereocenters. The summed E-state index contributed by atoms with van der Waals surface area (Å²) in [5.41, 5.74) is 6.05. The summed E-state index contributed by atoms with van der Waals surface area (Å²) in [6, 6.07) is 10.5. The summed E-state index contributed by atoms with van der Waals surface area (Å²) in [5, 5.41) is 31.7. The van der Waals surface area contributed by atoms with Crippen molar-refractivity contribution in [2.24, 2.45) is 16.0 Å². The van der Waals surface area contributed by atoms with Gasteiger partial charge in [0.05, 0.1) is 4.92 Å². The SMILES string of the molecule is NC(=O)C1=C(Nc2cccc(Cl)c2)N=N/C1=C\c1ccc(O)c([N+](=O)[O-])c1. The highest BCUT2D eigenvalue weighted by Crippen LogP contribution is 2.31. The lowest BCUT2D eigenvalue weighted by molar-refractivity contribution is -0.385. The maximum atomic E-state index is 11.9. The molecule has 4 N–H and O–H groups in total. The van der Waals surface area contributed by atoms with E-state index in [-0.39, 0.29) is 17.1 Å². The number of aromatic hydroxyl groups is 1. The predicted molar refractivity (Wildman–Crippen MR) is 98.9 cm³/mol. The highest BCUT2D eigenvalue weighted by molar-refractivity contribution is 6.30. The minimum atomic E-state index is -0.774. The van der Waals surface area contributed by atoms with E-state index in [0.29, 0.717) is 16.3 Å². The van der Waals surface area contributed by atoms with E-state index in [1.54, 1.807) is 24.3 Å². The molecule has 0 bridgehead atoms. The Balaban J connectivity index is 1.99. The largest absolute Gasteiger partial charge is 0.502 e. The number of nitro groups is 1. The Bertz CT molecular complexity index is 1050. The summed E-state index contributed by atoms with van der Waals surface area (Å²) >= 11 is 5.93. The number of nitrogens with zero attached hydrogens (tertiary/aromatic N) is 3. The maximum Gasteiger partial charge on any atom is 0.311 e. The Morgan fingerprint density at radius 2 is 2.04 bits per heavy atom. The van der Waals surface area contributed by atoms with Crippen LogP contribution >= 0.6 is 11.6 Å². The lowest BCUT2D eigenvalue weighted by Crippen LogP contribution is -2.17. The van der Waals surface area contributed by atoms with Crippen molar-refractivity contribution in [2.75, 3.05) is 5.32 Å². The fourth-order valence-electron chi connectivity index (χ4n) is 2.39. The summed E-state index contributed by atoms with van der Waals surface area (Å²) in [7, 11) is 0. The average Bonchev–Trinajstić information content (AvgIpc) is 2.98. The molecule has 0 saturated carbocycles. The molecule has 1 amide bonds. The molecule has 2 aromatic rings. The molecule has 2 aromatic carbocycles. The van der Waals surface area contributed by atoms with Gasteiger partial charge in [0.2, 0.25) is 0 Å². The third-order valence-corrected chi connectivity index (χ3v) is 3.82. The van der Waals surface area contributed by atoms with Gasteiger partial charge in [-0.25, -0.2) is 0 Å². The number of nitrogens with one attached hydrogen (secondary N) is 1. The molecule has 1 aliphatic heterocycles. The lowest BCUT2D eigenvalue weighted by Gasteiger charge is -2.06. The third kappa shape index (κ3) is 3.93. The first-order chi connectivity index (χ1) is 12.8. The van der Waals surface area contributed by atoms with Gasteiger partial charge in [-0.05, 0) is 35.9 Å². The number of benzene rings is 2. The third-order valence-electron chi connectivity index (χ3n) is 3.58. The van der Waals surface area contributed by atoms with Crippen LogP contribution in [0.3, 0.4) is 0 Å². The van der Waals surface area contributed by atoms with Gasteiger partial charge in [0.15, 0.2) is 11.6 Å². The van der Waals surface area contributed by atoms with Gasteiger partial charge in [0.1, 0.15) is 11.3 Å². The first kappa shape index (κ1) is 18.1. The van der Waals surface area contributed by atoms with Crippen molar-refractivity contribution in [1.82, 2.24) is 0 Å². The topological polar surface area (TPSA) is 143 Å². The van der Waals surface area contributed by atoms with E-state index in [9.17, 15) is 20.0 Å². The second kappa shape index (κ2) is 7.26. The van der Waals surface area contributed by atoms with Crippen molar-refractivity contribution < 1.29 is 14.8 Å². The second-order valence-corrected chi connectivity index (χ2v) is 5.89. The normalized spacial score (nSPS) is 14.6. The van der Waals surface area contributed by atoms with Crippen LogP contribution in [0.1, 0.15) is 5.56 Å². The quantitative estimate of drug-likeness (QED) is 0.532. The number of anilines is 1. The summed E-state index contributed by atoms with van der Waals surface area (Å²) in [5.74, 6) is -1.11. The van der Waals surface area contributed by atoms with Crippen LogP contribution in [-0.4, -0.2) is 15.9 Å². The molecule has 1 heterocycles. The van der Waals surface area contributed by atoms with Gasteiger partial charge in [0, 0.05) is 16.8 Å².